The van der Waals surface area contributed by atoms with Crippen LogP contribution >= 0.6 is 11.3 Å². The molecule has 6 nitrogen and oxygen atoms in total. The van der Waals surface area contributed by atoms with E-state index in [-0.39, 0.29) is 24.4 Å². The topological polar surface area (TPSA) is 73.2 Å². The summed E-state index contributed by atoms with van der Waals surface area (Å²) in [5.74, 6) is -0.849. The molecule has 2 aromatic heterocycles. The van der Waals surface area contributed by atoms with Gasteiger partial charge in [0.2, 0.25) is 0 Å². The number of ether oxygens (including phenoxy) is 1. The number of amides is 1. The lowest BCUT2D eigenvalue weighted by Gasteiger charge is -2.17. The first-order valence-corrected chi connectivity index (χ1v) is 10.2. The lowest BCUT2D eigenvalue weighted by atomic mass is 10.1. The number of fused-ring (bicyclic) bond motifs is 1. The first-order valence-electron chi connectivity index (χ1n) is 9.42. The first-order chi connectivity index (χ1) is 13.7. The lowest BCUT2D eigenvalue weighted by molar-refractivity contribution is -0.125. The molecule has 0 spiro atoms. The maximum atomic E-state index is 13.1. The van der Waals surface area contributed by atoms with Crippen LogP contribution in [0.5, 0.6) is 0 Å². The van der Waals surface area contributed by atoms with E-state index in [9.17, 15) is 14.0 Å². The second kappa shape index (κ2) is 8.73. The molecule has 0 fully saturated rings. The van der Waals surface area contributed by atoms with E-state index < -0.39 is 5.97 Å². The van der Waals surface area contributed by atoms with Crippen molar-refractivity contribution >= 4 is 33.4 Å². The van der Waals surface area contributed by atoms with Crippen LogP contribution in [0.2, 0.25) is 0 Å². The van der Waals surface area contributed by atoms with E-state index in [4.69, 9.17) is 4.74 Å². The molecule has 0 unspecified atom stereocenters. The summed E-state index contributed by atoms with van der Waals surface area (Å²) in [7, 11) is 0. The van der Waals surface area contributed by atoms with Crippen molar-refractivity contribution < 1.29 is 18.7 Å². The van der Waals surface area contributed by atoms with E-state index in [1.165, 1.54) is 23.5 Å². The van der Waals surface area contributed by atoms with Crippen molar-refractivity contribution in [3.63, 3.8) is 0 Å². The van der Waals surface area contributed by atoms with E-state index in [1.807, 2.05) is 27.7 Å². The zero-order valence-corrected chi connectivity index (χ0v) is 17.7. The Morgan fingerprint density at radius 1 is 1.24 bits per heavy atom. The highest BCUT2D eigenvalue weighted by Crippen LogP contribution is 2.29. The Morgan fingerprint density at radius 2 is 1.93 bits per heavy atom. The summed E-state index contributed by atoms with van der Waals surface area (Å²) in [5.41, 5.74) is 1.70. The van der Waals surface area contributed by atoms with Crippen LogP contribution in [-0.4, -0.2) is 34.3 Å². The number of thiophene rings is 1. The molecule has 1 amide bonds. The zero-order valence-electron chi connectivity index (χ0n) is 16.9. The number of esters is 1. The van der Waals surface area contributed by atoms with Crippen LogP contribution in [0.3, 0.4) is 0 Å². The summed E-state index contributed by atoms with van der Waals surface area (Å²) < 4.78 is 20.1. The molecule has 1 N–H and O–H groups in total. The van der Waals surface area contributed by atoms with Crippen LogP contribution in [0.1, 0.15) is 41.7 Å². The van der Waals surface area contributed by atoms with Crippen LogP contribution in [0.25, 0.3) is 10.2 Å². The predicted molar refractivity (Wildman–Crippen MR) is 111 cm³/mol. The number of nitrogens with one attached hydrogen (secondary N) is 1. The van der Waals surface area contributed by atoms with Crippen molar-refractivity contribution in [1.29, 1.82) is 0 Å². The molecule has 0 radical (unpaired) electrons. The maximum absolute atomic E-state index is 13.1. The van der Waals surface area contributed by atoms with E-state index in [2.05, 4.69) is 10.4 Å². The van der Waals surface area contributed by atoms with Gasteiger partial charge in [-0.15, -0.1) is 11.3 Å². The number of hydrogen-bond donors (Lipinski definition) is 1. The quantitative estimate of drug-likeness (QED) is 0.592. The second-order valence-corrected chi connectivity index (χ2v) is 8.41. The van der Waals surface area contributed by atoms with Gasteiger partial charge in [-0.25, -0.2) is 9.18 Å². The highest BCUT2D eigenvalue weighted by molar-refractivity contribution is 7.20. The monoisotopic (exact) mass is 417 g/mol. The molecule has 0 bridgehead atoms. The Morgan fingerprint density at radius 3 is 2.59 bits per heavy atom. The number of aromatic nitrogens is 2. The number of aryl methyl sites for hydroxylation is 1. The minimum atomic E-state index is -0.536. The Bertz CT molecular complexity index is 1020. The third kappa shape index (κ3) is 5.00. The molecule has 2 heterocycles. The van der Waals surface area contributed by atoms with Crippen molar-refractivity contribution in [2.75, 3.05) is 6.61 Å². The predicted octanol–water partition coefficient (Wildman–Crippen LogP) is 3.91. The molecular formula is C21H24FN3O3S. The van der Waals surface area contributed by atoms with Gasteiger partial charge in [-0.2, -0.15) is 5.10 Å². The molecule has 0 aliphatic rings. The van der Waals surface area contributed by atoms with E-state index in [1.54, 1.807) is 22.9 Å². The smallest absolute Gasteiger partial charge is 0.348 e. The van der Waals surface area contributed by atoms with Crippen molar-refractivity contribution in [1.82, 2.24) is 15.1 Å². The van der Waals surface area contributed by atoms with Gasteiger partial charge in [0.15, 0.2) is 6.61 Å². The van der Waals surface area contributed by atoms with Crippen LogP contribution in [-0.2, 0) is 16.1 Å². The van der Waals surface area contributed by atoms with Crippen molar-refractivity contribution in [2.45, 2.75) is 40.3 Å². The molecule has 1 atom stereocenters. The fourth-order valence-corrected chi connectivity index (χ4v) is 3.80. The van der Waals surface area contributed by atoms with Crippen molar-refractivity contribution in [3.8, 4) is 0 Å². The highest BCUT2D eigenvalue weighted by atomic mass is 32.1. The summed E-state index contributed by atoms with van der Waals surface area (Å²) in [6.45, 7) is 7.94. The SMILES string of the molecule is Cc1nn(Cc2ccc(F)cc2)c2sc(C(=O)OCC(=O)N[C@H](C)C(C)C)cc12. The largest absolute Gasteiger partial charge is 0.451 e. The van der Waals surface area contributed by atoms with E-state index >= 15 is 0 Å². The minimum Gasteiger partial charge on any atom is -0.451 e. The van der Waals surface area contributed by atoms with Gasteiger partial charge in [0.25, 0.3) is 5.91 Å². The van der Waals surface area contributed by atoms with Gasteiger partial charge in [-0.3, -0.25) is 9.48 Å². The molecule has 154 valence electrons. The van der Waals surface area contributed by atoms with Crippen molar-refractivity contribution in [3.05, 3.63) is 52.3 Å². The molecular weight excluding hydrogens is 393 g/mol. The molecule has 0 aliphatic carbocycles. The Labute approximate surface area is 172 Å². The Kier molecular flexibility index (Phi) is 6.32. The van der Waals surface area contributed by atoms with Crippen LogP contribution in [0, 0.1) is 18.7 Å². The van der Waals surface area contributed by atoms with Crippen LogP contribution < -0.4 is 5.32 Å². The van der Waals surface area contributed by atoms with Crippen LogP contribution in [0.4, 0.5) is 4.39 Å². The van der Waals surface area contributed by atoms with Gasteiger partial charge in [-0.05, 0) is 43.5 Å². The third-order valence-corrected chi connectivity index (χ3v) is 5.91. The van der Waals surface area contributed by atoms with E-state index in [0.717, 1.165) is 21.5 Å². The Hall–Kier alpha value is -2.74. The second-order valence-electron chi connectivity index (χ2n) is 7.38. The number of carbonyl (C=O) groups excluding carboxylic acids is 2. The third-order valence-electron chi connectivity index (χ3n) is 4.78. The molecule has 0 saturated heterocycles. The number of carbonyl (C=O) groups is 2. The van der Waals surface area contributed by atoms with Gasteiger partial charge in [-0.1, -0.05) is 26.0 Å². The van der Waals surface area contributed by atoms with Gasteiger partial charge in [0, 0.05) is 11.4 Å². The first kappa shape index (κ1) is 21.0. The normalized spacial score (nSPS) is 12.3. The summed E-state index contributed by atoms with van der Waals surface area (Å²) in [5, 5.41) is 8.17. The fourth-order valence-electron chi connectivity index (χ4n) is 2.75. The number of hydrogen-bond acceptors (Lipinski definition) is 5. The van der Waals surface area contributed by atoms with Gasteiger partial charge in [0.05, 0.1) is 12.2 Å². The van der Waals surface area contributed by atoms with Gasteiger partial charge >= 0.3 is 5.97 Å². The summed E-state index contributed by atoms with van der Waals surface area (Å²) in [6.07, 6.45) is 0. The maximum Gasteiger partial charge on any atom is 0.348 e. The van der Waals surface area contributed by atoms with Crippen LogP contribution in [0.15, 0.2) is 30.3 Å². The molecule has 0 aliphatic heterocycles. The zero-order chi connectivity index (χ0) is 21.1. The van der Waals surface area contributed by atoms with Gasteiger partial charge in [0.1, 0.15) is 15.5 Å². The fraction of sp³-hybridized carbons (Fsp3) is 0.381. The lowest BCUT2D eigenvalue weighted by Crippen LogP contribution is -2.38. The molecule has 0 saturated carbocycles. The molecule has 1 aromatic carbocycles. The molecule has 29 heavy (non-hydrogen) atoms. The number of rotatable bonds is 7. The summed E-state index contributed by atoms with van der Waals surface area (Å²) >= 11 is 1.27. The highest BCUT2D eigenvalue weighted by Gasteiger charge is 2.19. The Balaban J connectivity index is 1.70. The standard InChI is InChI=1S/C21H24FN3O3S/c1-12(2)13(3)23-19(26)11-28-21(27)18-9-17-14(4)24-25(20(17)29-18)10-15-5-7-16(22)8-6-15/h5-9,12-13H,10-11H2,1-4H3,(H,23,26)/t13-/m1/s1. The number of nitrogens with zero attached hydrogens (tertiary/aromatic N) is 2. The van der Waals surface area contributed by atoms with E-state index in [0.29, 0.717) is 17.3 Å². The summed E-state index contributed by atoms with van der Waals surface area (Å²) in [6, 6.07) is 7.97. The van der Waals surface area contributed by atoms with Crippen molar-refractivity contribution in [2.24, 2.45) is 5.92 Å². The number of halogens is 1. The minimum absolute atomic E-state index is 0.00521. The number of benzene rings is 1. The summed E-state index contributed by atoms with van der Waals surface area (Å²) in [4.78, 5) is 25.6. The molecule has 3 rings (SSSR count). The molecule has 8 heteroatoms. The average molecular weight is 418 g/mol. The average Bonchev–Trinajstić information content (AvgIpc) is 3.23. The molecule has 3 aromatic rings. The van der Waals surface area contributed by atoms with Gasteiger partial charge < -0.3 is 10.1 Å².